The number of amides is 1. The van der Waals surface area contributed by atoms with Crippen LogP contribution in [0.4, 0.5) is 0 Å². The summed E-state index contributed by atoms with van der Waals surface area (Å²) >= 11 is 0. The number of carbonyl (C=O) groups excluding carboxylic acids is 1. The van der Waals surface area contributed by atoms with Crippen LogP contribution in [-0.2, 0) is 0 Å². The fourth-order valence-electron chi connectivity index (χ4n) is 1.29. The molecule has 1 aromatic carbocycles. The second-order valence-corrected chi connectivity index (χ2v) is 5.28. The second kappa shape index (κ2) is 6.23. The Morgan fingerprint density at radius 3 is 2.39 bits per heavy atom. The SMILES string of the molecule is CC(C)(C)CNC(=O)c1ccc(C#CCO)cc1. The monoisotopic (exact) mass is 245 g/mol. The minimum atomic E-state index is -0.159. The molecule has 0 heterocycles. The molecule has 0 saturated heterocycles. The van der Waals surface area contributed by atoms with Crippen LogP contribution in [0.3, 0.4) is 0 Å². The fraction of sp³-hybridized carbons (Fsp3) is 0.400. The van der Waals surface area contributed by atoms with Gasteiger partial charge in [0, 0.05) is 17.7 Å². The van der Waals surface area contributed by atoms with E-state index in [4.69, 9.17) is 5.11 Å². The Morgan fingerprint density at radius 1 is 1.28 bits per heavy atom. The maximum absolute atomic E-state index is 11.8. The first-order chi connectivity index (χ1) is 8.42. The van der Waals surface area contributed by atoms with Gasteiger partial charge in [-0.3, -0.25) is 4.79 Å². The predicted molar refractivity (Wildman–Crippen MR) is 72.2 cm³/mol. The van der Waals surface area contributed by atoms with Crippen molar-refractivity contribution in [2.24, 2.45) is 5.41 Å². The van der Waals surface area contributed by atoms with Crippen LogP contribution < -0.4 is 5.32 Å². The summed E-state index contributed by atoms with van der Waals surface area (Å²) in [7, 11) is 0. The van der Waals surface area contributed by atoms with Crippen molar-refractivity contribution in [3.63, 3.8) is 0 Å². The molecule has 0 fully saturated rings. The molecule has 1 rings (SSSR count). The number of hydrogen-bond donors (Lipinski definition) is 2. The first-order valence-electron chi connectivity index (χ1n) is 5.90. The van der Waals surface area contributed by atoms with Gasteiger partial charge in [-0.2, -0.15) is 0 Å². The van der Waals surface area contributed by atoms with Gasteiger partial charge in [0.2, 0.25) is 0 Å². The molecule has 1 amide bonds. The zero-order chi connectivity index (χ0) is 13.6. The fourth-order valence-corrected chi connectivity index (χ4v) is 1.29. The highest BCUT2D eigenvalue weighted by Gasteiger charge is 2.12. The Hall–Kier alpha value is -1.79. The molecule has 0 aliphatic heterocycles. The molecule has 0 spiro atoms. The number of nitrogens with one attached hydrogen (secondary N) is 1. The third kappa shape index (κ3) is 5.03. The van der Waals surface area contributed by atoms with Gasteiger partial charge in [-0.1, -0.05) is 32.6 Å². The van der Waals surface area contributed by atoms with Crippen LogP contribution in [0.25, 0.3) is 0 Å². The molecule has 0 aromatic heterocycles. The molecule has 1 aromatic rings. The zero-order valence-corrected chi connectivity index (χ0v) is 11.1. The quantitative estimate of drug-likeness (QED) is 0.781. The predicted octanol–water partition coefficient (Wildman–Crippen LogP) is 1.81. The third-order valence-corrected chi connectivity index (χ3v) is 2.24. The van der Waals surface area contributed by atoms with Gasteiger partial charge >= 0.3 is 0 Å². The van der Waals surface area contributed by atoms with Crippen molar-refractivity contribution in [2.45, 2.75) is 20.8 Å². The zero-order valence-electron chi connectivity index (χ0n) is 11.1. The molecule has 0 bridgehead atoms. The summed E-state index contributed by atoms with van der Waals surface area (Å²) in [5, 5.41) is 11.5. The van der Waals surface area contributed by atoms with E-state index in [1.54, 1.807) is 24.3 Å². The molecule has 0 atom stereocenters. The maximum Gasteiger partial charge on any atom is 0.251 e. The highest BCUT2D eigenvalue weighted by Crippen LogP contribution is 2.11. The Bertz CT molecular complexity index is 458. The van der Waals surface area contributed by atoms with Crippen molar-refractivity contribution in [1.29, 1.82) is 0 Å². The molecule has 0 saturated carbocycles. The van der Waals surface area contributed by atoms with Crippen LogP contribution >= 0.6 is 0 Å². The first-order valence-corrected chi connectivity index (χ1v) is 5.90. The van der Waals surface area contributed by atoms with Gasteiger partial charge in [0.1, 0.15) is 6.61 Å². The molecule has 18 heavy (non-hydrogen) atoms. The van der Waals surface area contributed by atoms with Crippen LogP contribution in [0.1, 0.15) is 36.7 Å². The van der Waals surface area contributed by atoms with Gasteiger partial charge < -0.3 is 10.4 Å². The maximum atomic E-state index is 11.8. The Kier molecular flexibility index (Phi) is 4.94. The Morgan fingerprint density at radius 2 is 1.89 bits per heavy atom. The van der Waals surface area contributed by atoms with Crippen molar-refractivity contribution >= 4 is 5.91 Å². The molecule has 0 aliphatic carbocycles. The topological polar surface area (TPSA) is 49.3 Å². The summed E-state index contributed by atoms with van der Waals surface area (Å²) in [5.74, 6) is 5.27. The van der Waals surface area contributed by atoms with Crippen molar-refractivity contribution in [2.75, 3.05) is 13.2 Å². The van der Waals surface area contributed by atoms with E-state index in [1.165, 1.54) is 0 Å². The van der Waals surface area contributed by atoms with Crippen LogP contribution in [0.2, 0.25) is 0 Å². The third-order valence-electron chi connectivity index (χ3n) is 2.24. The van der Waals surface area contributed by atoms with Crippen LogP contribution in [0.5, 0.6) is 0 Å². The lowest BCUT2D eigenvalue weighted by Crippen LogP contribution is -2.32. The molecule has 3 nitrogen and oxygen atoms in total. The largest absolute Gasteiger partial charge is 0.384 e. The van der Waals surface area contributed by atoms with E-state index < -0.39 is 0 Å². The normalized spacial score (nSPS) is 10.4. The number of aliphatic hydroxyl groups excluding tert-OH is 1. The summed E-state index contributed by atoms with van der Waals surface area (Å²) in [5.41, 5.74) is 1.48. The standard InChI is InChI=1S/C15H19NO2/c1-15(2,3)11-16-14(18)13-8-6-12(7-9-13)5-4-10-17/h6-9,17H,10-11H2,1-3H3,(H,16,18). The lowest BCUT2D eigenvalue weighted by molar-refractivity contribution is 0.0939. The molecular formula is C15H19NO2. The molecule has 0 radical (unpaired) electrons. The summed E-state index contributed by atoms with van der Waals surface area (Å²) in [4.78, 5) is 11.8. The van der Waals surface area contributed by atoms with Crippen LogP contribution in [-0.4, -0.2) is 24.2 Å². The second-order valence-electron chi connectivity index (χ2n) is 5.28. The Balaban J connectivity index is 2.65. The minimum absolute atomic E-state index is 0.0716. The van der Waals surface area contributed by atoms with Crippen molar-refractivity contribution < 1.29 is 9.90 Å². The van der Waals surface area contributed by atoms with Crippen molar-refractivity contribution in [3.8, 4) is 11.8 Å². The summed E-state index contributed by atoms with van der Waals surface area (Å²) in [6.45, 7) is 6.69. The first kappa shape index (κ1) is 14.3. The highest BCUT2D eigenvalue weighted by atomic mass is 16.2. The molecule has 0 unspecified atom stereocenters. The van der Waals surface area contributed by atoms with Crippen molar-refractivity contribution in [1.82, 2.24) is 5.32 Å². The molecular weight excluding hydrogens is 226 g/mol. The molecule has 3 heteroatoms. The smallest absolute Gasteiger partial charge is 0.251 e. The van der Waals surface area contributed by atoms with E-state index in [9.17, 15) is 4.79 Å². The summed E-state index contributed by atoms with van der Waals surface area (Å²) in [6.07, 6.45) is 0. The Labute approximate surface area is 108 Å². The van der Waals surface area contributed by atoms with Gasteiger partial charge in [0.25, 0.3) is 5.91 Å². The van der Waals surface area contributed by atoms with E-state index in [2.05, 4.69) is 37.9 Å². The lowest BCUT2D eigenvalue weighted by Gasteiger charge is -2.18. The van der Waals surface area contributed by atoms with Crippen LogP contribution in [0.15, 0.2) is 24.3 Å². The number of hydrogen-bond acceptors (Lipinski definition) is 2. The average molecular weight is 245 g/mol. The van der Waals surface area contributed by atoms with Gasteiger partial charge in [-0.25, -0.2) is 0 Å². The van der Waals surface area contributed by atoms with E-state index in [0.717, 1.165) is 5.56 Å². The average Bonchev–Trinajstić information content (AvgIpc) is 2.33. The highest BCUT2D eigenvalue weighted by molar-refractivity contribution is 5.94. The van der Waals surface area contributed by atoms with E-state index in [0.29, 0.717) is 12.1 Å². The molecule has 0 aliphatic rings. The van der Waals surface area contributed by atoms with E-state index >= 15 is 0 Å². The number of carbonyl (C=O) groups is 1. The van der Waals surface area contributed by atoms with Gasteiger partial charge in [0.05, 0.1) is 0 Å². The van der Waals surface area contributed by atoms with Crippen LogP contribution in [0, 0.1) is 17.3 Å². The number of rotatable bonds is 2. The molecule has 2 N–H and O–H groups in total. The summed E-state index contributed by atoms with van der Waals surface area (Å²) < 4.78 is 0. The number of aliphatic hydroxyl groups is 1. The molecule has 96 valence electrons. The van der Waals surface area contributed by atoms with Gasteiger partial charge in [-0.05, 0) is 29.7 Å². The van der Waals surface area contributed by atoms with E-state index in [1.807, 2.05) is 0 Å². The van der Waals surface area contributed by atoms with Gasteiger partial charge in [-0.15, -0.1) is 0 Å². The minimum Gasteiger partial charge on any atom is -0.384 e. The lowest BCUT2D eigenvalue weighted by atomic mass is 9.97. The van der Waals surface area contributed by atoms with E-state index in [-0.39, 0.29) is 17.9 Å². The summed E-state index contributed by atoms with van der Waals surface area (Å²) in [6, 6.07) is 7.02. The van der Waals surface area contributed by atoms with Gasteiger partial charge in [0.15, 0.2) is 0 Å². The van der Waals surface area contributed by atoms with Crippen molar-refractivity contribution in [3.05, 3.63) is 35.4 Å². The number of benzene rings is 1.